The topological polar surface area (TPSA) is 25.8 Å². The first-order chi connectivity index (χ1) is 9.29. The Morgan fingerprint density at radius 2 is 1.79 bits per heavy atom. The molecule has 0 aliphatic carbocycles. The van der Waals surface area contributed by atoms with Crippen molar-refractivity contribution < 1.29 is 4.79 Å². The molecule has 19 heavy (non-hydrogen) atoms. The molecule has 90 valence electrons. The number of pyridine rings is 1. The smallest absolute Gasteiger partial charge is 0.209 e. The standard InChI is InChI=1S/C16H10N2O/c1-17-13-7-5-12(6-8-13)16(19)15-10-9-14-4-2-3-11-18(14)15/h2-11H. The maximum absolute atomic E-state index is 12.4. The number of ketones is 1. The first kappa shape index (κ1) is 11.2. The summed E-state index contributed by atoms with van der Waals surface area (Å²) in [6, 6.07) is 16.2. The Labute approximate surface area is 110 Å². The SMILES string of the molecule is [C-]#[N+]c1ccc(C(=O)c2ccc3ccccn23)cc1. The van der Waals surface area contributed by atoms with Crippen LogP contribution in [0.15, 0.2) is 60.8 Å². The molecule has 3 aromatic rings. The fourth-order valence-electron chi connectivity index (χ4n) is 2.08. The van der Waals surface area contributed by atoms with E-state index in [1.807, 2.05) is 40.9 Å². The van der Waals surface area contributed by atoms with E-state index in [-0.39, 0.29) is 5.78 Å². The quantitative estimate of drug-likeness (QED) is 0.500. The highest BCUT2D eigenvalue weighted by Gasteiger charge is 2.12. The van der Waals surface area contributed by atoms with Gasteiger partial charge in [-0.15, -0.1) is 0 Å². The van der Waals surface area contributed by atoms with Crippen molar-refractivity contribution in [3.63, 3.8) is 0 Å². The van der Waals surface area contributed by atoms with Gasteiger partial charge >= 0.3 is 0 Å². The average molecular weight is 246 g/mol. The number of hydrogen-bond acceptors (Lipinski definition) is 1. The van der Waals surface area contributed by atoms with Crippen LogP contribution in [0.25, 0.3) is 10.4 Å². The summed E-state index contributed by atoms with van der Waals surface area (Å²) in [7, 11) is 0. The zero-order valence-corrected chi connectivity index (χ0v) is 10.1. The van der Waals surface area contributed by atoms with Crippen LogP contribution in [-0.2, 0) is 0 Å². The van der Waals surface area contributed by atoms with E-state index in [9.17, 15) is 4.79 Å². The Morgan fingerprint density at radius 3 is 2.53 bits per heavy atom. The first-order valence-electron chi connectivity index (χ1n) is 5.88. The summed E-state index contributed by atoms with van der Waals surface area (Å²) < 4.78 is 1.87. The predicted molar refractivity (Wildman–Crippen MR) is 73.5 cm³/mol. The molecule has 0 N–H and O–H groups in total. The minimum Gasteiger partial charge on any atom is -0.314 e. The first-order valence-corrected chi connectivity index (χ1v) is 5.88. The van der Waals surface area contributed by atoms with Gasteiger partial charge in [0.2, 0.25) is 5.78 Å². The zero-order chi connectivity index (χ0) is 13.2. The maximum atomic E-state index is 12.4. The molecule has 0 spiro atoms. The summed E-state index contributed by atoms with van der Waals surface area (Å²) in [6.07, 6.45) is 1.87. The third kappa shape index (κ3) is 1.90. The van der Waals surface area contributed by atoms with Crippen LogP contribution in [0.4, 0.5) is 5.69 Å². The van der Waals surface area contributed by atoms with Gasteiger partial charge in [-0.05, 0) is 24.3 Å². The van der Waals surface area contributed by atoms with Gasteiger partial charge in [0.05, 0.1) is 12.3 Å². The molecular formula is C16H10N2O. The van der Waals surface area contributed by atoms with Crippen molar-refractivity contribution in [2.45, 2.75) is 0 Å². The molecule has 3 rings (SSSR count). The number of hydrogen-bond donors (Lipinski definition) is 0. The third-order valence-electron chi connectivity index (χ3n) is 3.05. The Kier molecular flexibility index (Phi) is 2.62. The molecule has 0 unspecified atom stereocenters. The van der Waals surface area contributed by atoms with Gasteiger partial charge in [-0.25, -0.2) is 4.85 Å². The van der Waals surface area contributed by atoms with Gasteiger partial charge < -0.3 is 4.40 Å². The number of carbonyl (C=O) groups is 1. The van der Waals surface area contributed by atoms with E-state index >= 15 is 0 Å². The van der Waals surface area contributed by atoms with Crippen LogP contribution < -0.4 is 0 Å². The predicted octanol–water partition coefficient (Wildman–Crippen LogP) is 3.72. The molecule has 3 heteroatoms. The summed E-state index contributed by atoms with van der Waals surface area (Å²) >= 11 is 0. The molecule has 2 heterocycles. The lowest BCUT2D eigenvalue weighted by atomic mass is 10.1. The molecule has 0 radical (unpaired) electrons. The summed E-state index contributed by atoms with van der Waals surface area (Å²) in [6.45, 7) is 6.90. The van der Waals surface area contributed by atoms with Gasteiger partial charge in [-0.1, -0.05) is 30.3 Å². The summed E-state index contributed by atoms with van der Waals surface area (Å²) in [4.78, 5) is 15.7. The lowest BCUT2D eigenvalue weighted by Crippen LogP contribution is -2.04. The summed E-state index contributed by atoms with van der Waals surface area (Å²) in [5, 5.41) is 0. The van der Waals surface area contributed by atoms with E-state index in [0.717, 1.165) is 5.52 Å². The van der Waals surface area contributed by atoms with Crippen LogP contribution in [0, 0.1) is 6.57 Å². The highest BCUT2D eigenvalue weighted by atomic mass is 16.1. The van der Waals surface area contributed by atoms with Gasteiger partial charge in [0.25, 0.3) is 0 Å². The Balaban J connectivity index is 2.06. The molecule has 0 amide bonds. The van der Waals surface area contributed by atoms with Crippen LogP contribution in [-0.4, -0.2) is 10.2 Å². The molecule has 0 fully saturated rings. The minimum absolute atomic E-state index is 0.0391. The lowest BCUT2D eigenvalue weighted by molar-refractivity contribution is 0.103. The van der Waals surface area contributed by atoms with Gasteiger partial charge in [0, 0.05) is 17.3 Å². The van der Waals surface area contributed by atoms with Crippen LogP contribution >= 0.6 is 0 Å². The molecule has 0 atom stereocenters. The number of benzene rings is 1. The highest BCUT2D eigenvalue weighted by molar-refractivity contribution is 6.08. The van der Waals surface area contributed by atoms with Gasteiger partial charge in [-0.3, -0.25) is 4.79 Å². The van der Waals surface area contributed by atoms with Crippen molar-refractivity contribution in [3.05, 3.63) is 83.5 Å². The van der Waals surface area contributed by atoms with E-state index < -0.39 is 0 Å². The summed E-state index contributed by atoms with van der Waals surface area (Å²) in [5.74, 6) is -0.0391. The molecule has 0 aliphatic heterocycles. The van der Waals surface area contributed by atoms with Crippen molar-refractivity contribution >= 4 is 17.0 Å². The fraction of sp³-hybridized carbons (Fsp3) is 0. The molecule has 0 saturated carbocycles. The molecule has 0 aliphatic rings. The van der Waals surface area contributed by atoms with Crippen molar-refractivity contribution in [2.75, 3.05) is 0 Å². The van der Waals surface area contributed by atoms with E-state index in [2.05, 4.69) is 4.85 Å². The molecule has 0 saturated heterocycles. The Bertz CT molecular complexity index is 791. The number of aromatic nitrogens is 1. The van der Waals surface area contributed by atoms with Crippen LogP contribution in [0.2, 0.25) is 0 Å². The van der Waals surface area contributed by atoms with E-state index in [4.69, 9.17) is 6.57 Å². The molecule has 1 aromatic carbocycles. The van der Waals surface area contributed by atoms with Crippen LogP contribution in [0.5, 0.6) is 0 Å². The van der Waals surface area contributed by atoms with Crippen molar-refractivity contribution in [3.8, 4) is 0 Å². The highest BCUT2D eigenvalue weighted by Crippen LogP contribution is 2.17. The second kappa shape index (κ2) is 4.43. The molecule has 0 bridgehead atoms. The third-order valence-corrected chi connectivity index (χ3v) is 3.05. The maximum Gasteiger partial charge on any atom is 0.209 e. The molecular weight excluding hydrogens is 236 g/mol. The van der Waals surface area contributed by atoms with Crippen molar-refractivity contribution in [2.24, 2.45) is 0 Å². The van der Waals surface area contributed by atoms with Crippen molar-refractivity contribution in [1.82, 2.24) is 4.40 Å². The van der Waals surface area contributed by atoms with E-state index in [1.54, 1.807) is 24.3 Å². The Morgan fingerprint density at radius 1 is 1.00 bits per heavy atom. The van der Waals surface area contributed by atoms with Crippen LogP contribution in [0.1, 0.15) is 16.1 Å². The van der Waals surface area contributed by atoms with Crippen LogP contribution in [0.3, 0.4) is 0 Å². The molecule has 2 aromatic heterocycles. The Hall–Kier alpha value is -2.86. The number of nitrogens with zero attached hydrogens (tertiary/aromatic N) is 2. The second-order valence-corrected chi connectivity index (χ2v) is 4.20. The largest absolute Gasteiger partial charge is 0.314 e. The number of rotatable bonds is 2. The monoisotopic (exact) mass is 246 g/mol. The van der Waals surface area contributed by atoms with Gasteiger partial charge in [0.1, 0.15) is 0 Å². The second-order valence-electron chi connectivity index (χ2n) is 4.20. The average Bonchev–Trinajstić information content (AvgIpc) is 2.90. The van der Waals surface area contributed by atoms with Gasteiger partial charge in [0.15, 0.2) is 5.69 Å². The lowest BCUT2D eigenvalue weighted by Gasteiger charge is -2.02. The van der Waals surface area contributed by atoms with E-state index in [0.29, 0.717) is 16.9 Å². The number of fused-ring (bicyclic) bond motifs is 1. The summed E-state index contributed by atoms with van der Waals surface area (Å²) in [5.41, 5.74) is 2.75. The van der Waals surface area contributed by atoms with E-state index in [1.165, 1.54) is 0 Å². The normalized spacial score (nSPS) is 10.3. The number of carbonyl (C=O) groups excluding carboxylic acids is 1. The van der Waals surface area contributed by atoms with Crippen molar-refractivity contribution in [1.29, 1.82) is 0 Å². The minimum atomic E-state index is -0.0391. The molecule has 3 nitrogen and oxygen atoms in total. The zero-order valence-electron chi connectivity index (χ0n) is 10.1. The fourth-order valence-corrected chi connectivity index (χ4v) is 2.08. The van der Waals surface area contributed by atoms with Gasteiger partial charge in [-0.2, -0.15) is 0 Å².